The molecule has 3 rings (SSSR count). The Kier molecular flexibility index (Phi) is 7.28. The van der Waals surface area contributed by atoms with Crippen molar-refractivity contribution in [3.63, 3.8) is 0 Å². The van der Waals surface area contributed by atoms with Crippen molar-refractivity contribution < 1.29 is 17.9 Å². The number of nitrogens with zero attached hydrogens (tertiary/aromatic N) is 1. The molecule has 6 nitrogen and oxygen atoms in total. The Hall–Kier alpha value is -2.38. The SMILES string of the molecule is COc1ccc(CCNC(=O)C2CCN(S(=O)(=O)Cc3ccccc3)CC2)cc1. The molecular formula is C22H28N2O4S. The van der Waals surface area contributed by atoms with Crippen LogP contribution in [0.4, 0.5) is 0 Å². The normalized spacial score (nSPS) is 15.8. The lowest BCUT2D eigenvalue weighted by Gasteiger charge is -2.30. The maximum Gasteiger partial charge on any atom is 0.223 e. The van der Waals surface area contributed by atoms with Gasteiger partial charge in [0.25, 0.3) is 0 Å². The minimum Gasteiger partial charge on any atom is -0.497 e. The van der Waals surface area contributed by atoms with Gasteiger partial charge in [-0.25, -0.2) is 12.7 Å². The lowest BCUT2D eigenvalue weighted by molar-refractivity contribution is -0.126. The van der Waals surface area contributed by atoms with Crippen LogP contribution in [0.3, 0.4) is 0 Å². The summed E-state index contributed by atoms with van der Waals surface area (Å²) in [5, 5.41) is 2.98. The van der Waals surface area contributed by atoms with Gasteiger partial charge in [-0.2, -0.15) is 0 Å². The second-order valence-corrected chi connectivity index (χ2v) is 9.27. The second-order valence-electron chi connectivity index (χ2n) is 7.30. The molecular weight excluding hydrogens is 388 g/mol. The highest BCUT2D eigenvalue weighted by Gasteiger charge is 2.30. The number of hydrogen-bond donors (Lipinski definition) is 1. The van der Waals surface area contributed by atoms with Gasteiger partial charge >= 0.3 is 0 Å². The first kappa shape index (κ1) is 21.3. The Morgan fingerprint density at radius 1 is 1.03 bits per heavy atom. The Labute approximate surface area is 172 Å². The van der Waals surface area contributed by atoms with Crippen LogP contribution in [0.2, 0.25) is 0 Å². The van der Waals surface area contributed by atoms with Crippen LogP contribution in [0, 0.1) is 5.92 Å². The van der Waals surface area contributed by atoms with Crippen molar-refractivity contribution in [1.82, 2.24) is 9.62 Å². The molecule has 0 aromatic heterocycles. The first-order chi connectivity index (χ1) is 14.0. The standard InChI is InChI=1S/C22H28N2O4S/c1-28-21-9-7-18(8-10-21)11-14-23-22(25)20-12-15-24(16-13-20)29(26,27)17-19-5-3-2-4-6-19/h2-10,20H,11-17H2,1H3,(H,23,25). The maximum absolute atomic E-state index is 12.6. The highest BCUT2D eigenvalue weighted by Crippen LogP contribution is 2.22. The van der Waals surface area contributed by atoms with Crippen LogP contribution in [0.15, 0.2) is 54.6 Å². The van der Waals surface area contributed by atoms with Gasteiger partial charge in [0.15, 0.2) is 0 Å². The van der Waals surface area contributed by atoms with E-state index in [1.165, 1.54) is 4.31 Å². The van der Waals surface area contributed by atoms with Gasteiger partial charge in [0, 0.05) is 25.6 Å². The Balaban J connectivity index is 1.42. The highest BCUT2D eigenvalue weighted by molar-refractivity contribution is 7.88. The maximum atomic E-state index is 12.6. The van der Waals surface area contributed by atoms with E-state index in [9.17, 15) is 13.2 Å². The molecule has 0 spiro atoms. The molecule has 1 aliphatic rings. The summed E-state index contributed by atoms with van der Waals surface area (Å²) in [6, 6.07) is 17.0. The molecule has 1 fully saturated rings. The fourth-order valence-corrected chi connectivity index (χ4v) is 5.10. The predicted molar refractivity (Wildman–Crippen MR) is 113 cm³/mol. The van der Waals surface area contributed by atoms with Crippen molar-refractivity contribution in [3.05, 3.63) is 65.7 Å². The second kappa shape index (κ2) is 9.89. The summed E-state index contributed by atoms with van der Waals surface area (Å²) in [6.07, 6.45) is 1.87. The first-order valence-electron chi connectivity index (χ1n) is 9.90. The van der Waals surface area contributed by atoms with Crippen LogP contribution in [-0.4, -0.2) is 45.4 Å². The number of carbonyl (C=O) groups excluding carboxylic acids is 1. The molecule has 0 atom stereocenters. The smallest absolute Gasteiger partial charge is 0.223 e. The lowest BCUT2D eigenvalue weighted by atomic mass is 9.97. The number of methoxy groups -OCH3 is 1. The number of carbonyl (C=O) groups is 1. The van der Waals surface area contributed by atoms with Gasteiger partial charge in [-0.1, -0.05) is 42.5 Å². The summed E-state index contributed by atoms with van der Waals surface area (Å²) in [6.45, 7) is 1.36. The van der Waals surface area contributed by atoms with Gasteiger partial charge in [-0.15, -0.1) is 0 Å². The van der Waals surface area contributed by atoms with E-state index in [2.05, 4.69) is 5.32 Å². The van der Waals surface area contributed by atoms with E-state index in [1.54, 1.807) is 7.11 Å². The van der Waals surface area contributed by atoms with Crippen molar-refractivity contribution >= 4 is 15.9 Å². The van der Waals surface area contributed by atoms with E-state index < -0.39 is 10.0 Å². The van der Waals surface area contributed by atoms with Crippen molar-refractivity contribution in [3.8, 4) is 5.75 Å². The van der Waals surface area contributed by atoms with Crippen LogP contribution in [0.1, 0.15) is 24.0 Å². The fraction of sp³-hybridized carbons (Fsp3) is 0.409. The number of hydrogen-bond acceptors (Lipinski definition) is 4. The van der Waals surface area contributed by atoms with Gasteiger partial charge in [0.1, 0.15) is 5.75 Å². The molecule has 156 valence electrons. The fourth-order valence-electron chi connectivity index (χ4n) is 3.54. The molecule has 0 bridgehead atoms. The third-order valence-corrected chi connectivity index (χ3v) is 7.13. The molecule has 1 amide bonds. The van der Waals surface area contributed by atoms with Gasteiger partial charge < -0.3 is 10.1 Å². The highest BCUT2D eigenvalue weighted by atomic mass is 32.2. The van der Waals surface area contributed by atoms with E-state index in [0.29, 0.717) is 32.5 Å². The summed E-state index contributed by atoms with van der Waals surface area (Å²) in [5.41, 5.74) is 1.92. The molecule has 0 unspecified atom stereocenters. The largest absolute Gasteiger partial charge is 0.497 e. The molecule has 1 aliphatic heterocycles. The van der Waals surface area contributed by atoms with Gasteiger partial charge in [0.2, 0.25) is 15.9 Å². The monoisotopic (exact) mass is 416 g/mol. The molecule has 2 aromatic carbocycles. The van der Waals surface area contributed by atoms with Gasteiger partial charge in [0.05, 0.1) is 12.9 Å². The third-order valence-electron chi connectivity index (χ3n) is 5.28. The first-order valence-corrected chi connectivity index (χ1v) is 11.5. The molecule has 0 aliphatic carbocycles. The van der Waals surface area contributed by atoms with Crippen molar-refractivity contribution in [2.45, 2.75) is 25.0 Å². The molecule has 1 saturated heterocycles. The summed E-state index contributed by atoms with van der Waals surface area (Å²) in [4.78, 5) is 12.4. The third kappa shape index (κ3) is 6.05. The van der Waals surface area contributed by atoms with Crippen LogP contribution in [0.25, 0.3) is 0 Å². The molecule has 1 N–H and O–H groups in total. The number of piperidine rings is 1. The zero-order valence-corrected chi connectivity index (χ0v) is 17.5. The van der Waals surface area contributed by atoms with Crippen LogP contribution >= 0.6 is 0 Å². The minimum atomic E-state index is -3.35. The molecule has 0 saturated carbocycles. The number of nitrogens with one attached hydrogen (secondary N) is 1. The minimum absolute atomic E-state index is 0.00651. The van der Waals surface area contributed by atoms with Crippen LogP contribution in [0.5, 0.6) is 5.75 Å². The molecule has 2 aromatic rings. The van der Waals surface area contributed by atoms with Crippen molar-refractivity contribution in [2.24, 2.45) is 5.92 Å². The number of sulfonamides is 1. The van der Waals surface area contributed by atoms with E-state index in [1.807, 2.05) is 54.6 Å². The number of amides is 1. The Bertz CT molecular complexity index is 890. The van der Waals surface area contributed by atoms with E-state index >= 15 is 0 Å². The predicted octanol–water partition coefficient (Wildman–Crippen LogP) is 2.60. The molecule has 1 heterocycles. The van der Waals surface area contributed by atoms with E-state index in [4.69, 9.17) is 4.74 Å². The van der Waals surface area contributed by atoms with Gasteiger partial charge in [-0.3, -0.25) is 4.79 Å². The molecule has 7 heteroatoms. The van der Waals surface area contributed by atoms with Crippen LogP contribution in [-0.2, 0) is 27.0 Å². The van der Waals surface area contributed by atoms with Crippen LogP contribution < -0.4 is 10.1 Å². The quantitative estimate of drug-likeness (QED) is 0.718. The molecule has 0 radical (unpaired) electrons. The molecule has 29 heavy (non-hydrogen) atoms. The Morgan fingerprint density at radius 2 is 1.69 bits per heavy atom. The zero-order valence-electron chi connectivity index (χ0n) is 16.7. The summed E-state index contributed by atoms with van der Waals surface area (Å²) < 4.78 is 31.9. The summed E-state index contributed by atoms with van der Waals surface area (Å²) >= 11 is 0. The van der Waals surface area contributed by atoms with E-state index in [-0.39, 0.29) is 17.6 Å². The lowest BCUT2D eigenvalue weighted by Crippen LogP contribution is -2.43. The van der Waals surface area contributed by atoms with Gasteiger partial charge in [-0.05, 0) is 42.5 Å². The average molecular weight is 417 g/mol. The van der Waals surface area contributed by atoms with Crippen molar-refractivity contribution in [1.29, 1.82) is 0 Å². The van der Waals surface area contributed by atoms with E-state index in [0.717, 1.165) is 23.3 Å². The number of rotatable bonds is 8. The summed E-state index contributed by atoms with van der Waals surface area (Å²) in [5.74, 6) is 0.700. The van der Waals surface area contributed by atoms with Crippen molar-refractivity contribution in [2.75, 3.05) is 26.7 Å². The summed E-state index contributed by atoms with van der Waals surface area (Å²) in [7, 11) is -1.72. The number of ether oxygens (including phenoxy) is 1. The average Bonchev–Trinajstić information content (AvgIpc) is 2.74. The Morgan fingerprint density at radius 3 is 2.31 bits per heavy atom. The topological polar surface area (TPSA) is 75.7 Å². The zero-order chi connectivity index (χ0) is 20.7. The number of benzene rings is 2.